The van der Waals surface area contributed by atoms with Crippen LogP contribution in [0.4, 0.5) is 34.1 Å². The van der Waals surface area contributed by atoms with Crippen molar-refractivity contribution in [3.63, 3.8) is 0 Å². The number of benzene rings is 12. The molecule has 0 aliphatic carbocycles. The van der Waals surface area contributed by atoms with Crippen LogP contribution in [0.25, 0.3) is 76.1 Å². The van der Waals surface area contributed by atoms with Crippen LogP contribution in [0.1, 0.15) is 86.6 Å². The Balaban J connectivity index is 1.22. The van der Waals surface area contributed by atoms with E-state index in [9.17, 15) is 0 Å². The Labute approximate surface area is 438 Å². The van der Waals surface area contributed by atoms with Crippen molar-refractivity contribution >= 4 is 88.0 Å². The molecule has 0 N–H and O–H groups in total. The standard InChI is InChI=1S/C70H60N2/c1-43(2)61-41-65(71(55-23-15-21-53(39-55)49-17-11-9-12-18-49)69-47(7)27-31-51-29-25-45(5)37-63(51)69)59-36-34-58-62(44(3)4)42-66(60-35-33-57(61)67(59)68(58)60)72(56-24-16-22-54(40-56)50-19-13-10-14-20-50)70-48(8)28-32-52-30-26-46(6)38-64(52)70/h9-44H,1-8H3/i9D,10D,11D,12D,13D,14D,17D,18D,19D,20D. The summed E-state index contributed by atoms with van der Waals surface area (Å²) in [4.78, 5) is 4.63. The van der Waals surface area contributed by atoms with Gasteiger partial charge in [0, 0.05) is 32.9 Å². The summed E-state index contributed by atoms with van der Waals surface area (Å²) in [5, 5.41) is 10.6. The van der Waals surface area contributed by atoms with Crippen molar-refractivity contribution in [2.75, 3.05) is 9.80 Å². The summed E-state index contributed by atoms with van der Waals surface area (Å²) in [6, 6.07) is 47.2. The number of aryl methyl sites for hydroxylation is 4. The third-order valence-electron chi connectivity index (χ3n) is 14.6. The average Bonchev–Trinajstić information content (AvgIpc) is 1.31. The summed E-state index contributed by atoms with van der Waals surface area (Å²) in [5.74, 6) is 0.120. The molecular weight excluding hydrogens is 869 g/mol. The van der Waals surface area contributed by atoms with Gasteiger partial charge in [-0.3, -0.25) is 0 Å². The van der Waals surface area contributed by atoms with Gasteiger partial charge in [-0.2, -0.15) is 0 Å². The van der Waals surface area contributed by atoms with Gasteiger partial charge in [0.1, 0.15) is 0 Å². The monoisotopic (exact) mass is 939 g/mol. The van der Waals surface area contributed by atoms with Crippen molar-refractivity contribution in [1.29, 1.82) is 0 Å². The maximum Gasteiger partial charge on any atom is 0.0629 e. The Hall–Kier alpha value is -8.20. The topological polar surface area (TPSA) is 6.48 Å². The molecule has 2 heteroatoms. The van der Waals surface area contributed by atoms with E-state index in [1.807, 2.05) is 48.5 Å². The van der Waals surface area contributed by atoms with Gasteiger partial charge in [0.25, 0.3) is 0 Å². The maximum absolute atomic E-state index is 9.08. The molecule has 0 aliphatic heterocycles. The molecule has 0 radical (unpaired) electrons. The Kier molecular flexibility index (Phi) is 8.69. The van der Waals surface area contributed by atoms with Gasteiger partial charge in [-0.05, 0) is 165 Å². The maximum atomic E-state index is 9.08. The van der Waals surface area contributed by atoms with Gasteiger partial charge in [0.2, 0.25) is 0 Å². The molecule has 0 aromatic heterocycles. The molecule has 2 nitrogen and oxygen atoms in total. The molecule has 0 bridgehead atoms. The quantitative estimate of drug-likeness (QED) is 0.126. The number of hydrogen-bond donors (Lipinski definition) is 0. The zero-order valence-electron chi connectivity index (χ0n) is 51.9. The van der Waals surface area contributed by atoms with E-state index in [0.29, 0.717) is 11.1 Å². The van der Waals surface area contributed by atoms with E-state index >= 15 is 0 Å². The summed E-state index contributed by atoms with van der Waals surface area (Å²) in [6.07, 6.45) is 0. The molecule has 0 heterocycles. The minimum Gasteiger partial charge on any atom is -0.309 e. The molecule has 12 rings (SSSR count). The second-order valence-electron chi connectivity index (χ2n) is 20.0. The molecule has 0 spiro atoms. The van der Waals surface area contributed by atoms with E-state index in [1.165, 1.54) is 0 Å². The third kappa shape index (κ3) is 7.56. The fraction of sp³-hybridized carbons (Fsp3) is 0.143. The molecule has 0 aliphatic rings. The first-order valence-corrected chi connectivity index (χ1v) is 24.9. The number of hydrogen-bond acceptors (Lipinski definition) is 2. The molecule has 12 aromatic carbocycles. The Morgan fingerprint density at radius 3 is 1.15 bits per heavy atom. The highest BCUT2D eigenvalue weighted by Crippen LogP contribution is 2.53. The molecular formula is C70H60N2. The van der Waals surface area contributed by atoms with Crippen molar-refractivity contribution in [3.8, 4) is 22.3 Å². The van der Waals surface area contributed by atoms with Crippen LogP contribution in [0.3, 0.4) is 0 Å². The molecule has 0 fully saturated rings. The fourth-order valence-corrected chi connectivity index (χ4v) is 11.1. The molecule has 72 heavy (non-hydrogen) atoms. The second-order valence-corrected chi connectivity index (χ2v) is 20.0. The van der Waals surface area contributed by atoms with Crippen LogP contribution >= 0.6 is 0 Å². The average molecular weight is 939 g/mol. The van der Waals surface area contributed by atoms with E-state index in [-0.39, 0.29) is 47.1 Å². The first kappa shape index (κ1) is 35.0. The molecule has 0 unspecified atom stereocenters. The van der Waals surface area contributed by atoms with E-state index < -0.39 is 36.3 Å². The van der Waals surface area contributed by atoms with Crippen LogP contribution in [-0.2, 0) is 0 Å². The van der Waals surface area contributed by atoms with Crippen LogP contribution in [0.5, 0.6) is 0 Å². The van der Waals surface area contributed by atoms with Crippen LogP contribution in [0, 0.1) is 27.7 Å². The molecule has 0 amide bonds. The van der Waals surface area contributed by atoms with Crippen molar-refractivity contribution < 1.29 is 13.7 Å². The summed E-state index contributed by atoms with van der Waals surface area (Å²) in [5.41, 5.74) is 13.0. The Bertz CT molecular complexity index is 4300. The van der Waals surface area contributed by atoms with Gasteiger partial charge in [-0.15, -0.1) is 0 Å². The van der Waals surface area contributed by atoms with E-state index in [4.69, 9.17) is 13.7 Å². The lowest BCUT2D eigenvalue weighted by atomic mass is 9.83. The van der Waals surface area contributed by atoms with Crippen LogP contribution in [0.15, 0.2) is 206 Å². The van der Waals surface area contributed by atoms with Crippen LogP contribution in [0.2, 0.25) is 0 Å². The Morgan fingerprint density at radius 2 is 0.750 bits per heavy atom. The number of nitrogens with zero attached hydrogens (tertiary/aromatic N) is 2. The van der Waals surface area contributed by atoms with Crippen molar-refractivity contribution in [2.24, 2.45) is 0 Å². The van der Waals surface area contributed by atoms with Crippen molar-refractivity contribution in [2.45, 2.75) is 67.2 Å². The van der Waals surface area contributed by atoms with E-state index in [2.05, 4.69) is 162 Å². The highest BCUT2D eigenvalue weighted by molar-refractivity contribution is 6.30. The summed E-state index contributed by atoms with van der Waals surface area (Å²) < 4.78 is 87.8. The van der Waals surface area contributed by atoms with E-state index in [1.54, 1.807) is 0 Å². The molecule has 12 aromatic rings. The van der Waals surface area contributed by atoms with Gasteiger partial charge >= 0.3 is 0 Å². The Morgan fingerprint density at radius 1 is 0.361 bits per heavy atom. The number of rotatable bonds is 10. The highest BCUT2D eigenvalue weighted by Gasteiger charge is 2.28. The molecule has 350 valence electrons. The first-order chi connectivity index (χ1) is 39.2. The minimum absolute atomic E-state index is 0.0599. The van der Waals surface area contributed by atoms with Gasteiger partial charge in [-0.25, -0.2) is 0 Å². The largest absolute Gasteiger partial charge is 0.309 e. The second kappa shape index (κ2) is 17.9. The summed E-state index contributed by atoms with van der Waals surface area (Å²) >= 11 is 0. The van der Waals surface area contributed by atoms with Gasteiger partial charge < -0.3 is 9.80 Å². The lowest BCUT2D eigenvalue weighted by Gasteiger charge is -2.33. The number of fused-ring (bicyclic) bond motifs is 2. The summed E-state index contributed by atoms with van der Waals surface area (Å²) in [7, 11) is 0. The fourth-order valence-electron chi connectivity index (χ4n) is 11.1. The molecule has 0 saturated heterocycles. The van der Waals surface area contributed by atoms with Gasteiger partial charge in [0.05, 0.1) is 36.5 Å². The van der Waals surface area contributed by atoms with Gasteiger partial charge in [-0.1, -0.05) is 196 Å². The predicted molar refractivity (Wildman–Crippen MR) is 313 cm³/mol. The normalized spacial score (nSPS) is 13.8. The first-order valence-electron chi connectivity index (χ1n) is 29.9. The van der Waals surface area contributed by atoms with Crippen molar-refractivity contribution in [3.05, 3.63) is 239 Å². The zero-order chi connectivity index (χ0) is 58.1. The lowest BCUT2D eigenvalue weighted by Crippen LogP contribution is -2.15. The number of anilines is 6. The zero-order valence-corrected chi connectivity index (χ0v) is 41.9. The predicted octanol–water partition coefficient (Wildman–Crippen LogP) is 20.6. The molecule has 0 saturated carbocycles. The van der Waals surface area contributed by atoms with Crippen LogP contribution < -0.4 is 9.80 Å². The smallest absolute Gasteiger partial charge is 0.0629 e. The van der Waals surface area contributed by atoms with Crippen molar-refractivity contribution in [1.82, 2.24) is 0 Å². The minimum atomic E-state index is -0.440. The van der Waals surface area contributed by atoms with E-state index in [0.717, 1.165) is 121 Å². The lowest BCUT2D eigenvalue weighted by molar-refractivity contribution is 0.875. The molecule has 0 atom stereocenters. The summed E-state index contributed by atoms with van der Waals surface area (Å²) in [6.45, 7) is 17.4. The third-order valence-corrected chi connectivity index (χ3v) is 14.6. The van der Waals surface area contributed by atoms with Crippen LogP contribution in [-0.4, -0.2) is 0 Å². The highest BCUT2D eigenvalue weighted by atomic mass is 15.2. The van der Waals surface area contributed by atoms with Gasteiger partial charge in [0.15, 0.2) is 0 Å². The SMILES string of the molecule is [2H]c1c([2H])c([2H])c(-c2cccc(N(c3c(C)ccc4ccc(C)cc34)c3cc(C(C)C)c4ccc5c(N(c6cccc(-c7c([2H])c([2H])c([2H])c([2H])c7[2H])c6)c6c(C)ccc7ccc(C)cc67)cc(C(C)C)c6ccc3c4c65)c2)c([2H])c1[2H].